The number of carbonyl (C=O) groups excluding carboxylic acids is 3. The number of amides is 2. The van der Waals surface area contributed by atoms with E-state index in [1.165, 1.54) is 0 Å². The molecular weight excluding hydrogens is 444 g/mol. The molecule has 2 aromatic carbocycles. The Hall–Kier alpha value is -3.88. The minimum absolute atomic E-state index is 0.155. The number of para-hydroxylation sites is 1. The zero-order chi connectivity index (χ0) is 25.6. The highest BCUT2D eigenvalue weighted by Gasteiger charge is 2.29. The molecule has 1 radical (unpaired) electrons. The number of benzene rings is 2. The van der Waals surface area contributed by atoms with Gasteiger partial charge in [-0.1, -0.05) is 62.4 Å². The van der Waals surface area contributed by atoms with Crippen molar-refractivity contribution in [1.29, 1.82) is 5.41 Å². The number of nitrogens with two attached hydrogens (primary N) is 1. The smallest absolute Gasteiger partial charge is 0.243 e. The Morgan fingerprint density at radius 2 is 1.60 bits per heavy atom. The first-order valence-electron chi connectivity index (χ1n) is 11.7. The van der Waals surface area contributed by atoms with Crippen molar-refractivity contribution in [1.82, 2.24) is 16.0 Å². The monoisotopic (exact) mass is 479 g/mol. The van der Waals surface area contributed by atoms with Crippen LogP contribution in [0.15, 0.2) is 60.7 Å². The van der Waals surface area contributed by atoms with Crippen LogP contribution in [0, 0.1) is 11.3 Å². The molecule has 0 aliphatic heterocycles. The lowest BCUT2D eigenvalue weighted by Crippen LogP contribution is -2.55. The molecule has 0 fully saturated rings. The quantitative estimate of drug-likeness (QED) is 0.138. The van der Waals surface area contributed by atoms with Crippen molar-refractivity contribution in [2.24, 2.45) is 11.7 Å². The fraction of sp³-hybridized carbons (Fsp3) is 0.385. The van der Waals surface area contributed by atoms with E-state index in [0.29, 0.717) is 25.8 Å². The van der Waals surface area contributed by atoms with Crippen LogP contribution in [0.3, 0.4) is 0 Å². The summed E-state index contributed by atoms with van der Waals surface area (Å²) in [4.78, 5) is 37.7. The minimum atomic E-state index is -0.829. The van der Waals surface area contributed by atoms with E-state index >= 15 is 0 Å². The molecule has 0 aliphatic rings. The van der Waals surface area contributed by atoms with Crippen LogP contribution in [0.25, 0.3) is 0 Å². The maximum Gasteiger partial charge on any atom is 0.243 e. The van der Waals surface area contributed by atoms with Crippen molar-refractivity contribution in [3.63, 3.8) is 0 Å². The third-order valence-electron chi connectivity index (χ3n) is 5.40. The lowest BCUT2D eigenvalue weighted by molar-refractivity contribution is -0.130. The van der Waals surface area contributed by atoms with Gasteiger partial charge in [0.05, 0.1) is 6.04 Å². The summed E-state index contributed by atoms with van der Waals surface area (Å²) >= 11 is 0. The number of rotatable bonds is 14. The number of guanidine groups is 1. The van der Waals surface area contributed by atoms with Crippen molar-refractivity contribution in [2.75, 3.05) is 11.9 Å². The summed E-state index contributed by atoms with van der Waals surface area (Å²) in [6, 6.07) is 16.8. The van der Waals surface area contributed by atoms with Crippen LogP contribution < -0.4 is 27.0 Å². The van der Waals surface area contributed by atoms with E-state index in [4.69, 9.17) is 11.1 Å². The SMILES string of the molecule is CC(C)[C@H](NC(=O)[C@H](Cc1ccccc1)Nc1ccccc1)C(=O)N[C@H]([C]=O)CCCNC(=N)N. The Balaban J connectivity index is 2.07. The molecule has 0 spiro atoms. The number of anilines is 1. The molecule has 0 aliphatic carbocycles. The molecule has 2 rings (SSSR count). The molecule has 0 saturated heterocycles. The largest absolute Gasteiger partial charge is 0.373 e. The molecule has 3 atom stereocenters. The second-order valence-corrected chi connectivity index (χ2v) is 8.64. The Kier molecular flexibility index (Phi) is 11.3. The number of hydrogen-bond donors (Lipinski definition) is 6. The molecule has 0 unspecified atom stereocenters. The predicted octanol–water partition coefficient (Wildman–Crippen LogP) is 1.71. The van der Waals surface area contributed by atoms with Gasteiger partial charge in [-0.15, -0.1) is 0 Å². The van der Waals surface area contributed by atoms with Crippen molar-refractivity contribution in [3.8, 4) is 0 Å². The molecule has 2 amide bonds. The van der Waals surface area contributed by atoms with Crippen LogP contribution in [0.4, 0.5) is 5.69 Å². The summed E-state index contributed by atoms with van der Waals surface area (Å²) in [5.41, 5.74) is 7.02. The topological polar surface area (TPSA) is 149 Å². The maximum absolute atomic E-state index is 13.3. The van der Waals surface area contributed by atoms with Gasteiger partial charge >= 0.3 is 0 Å². The van der Waals surface area contributed by atoms with E-state index in [2.05, 4.69) is 21.3 Å². The van der Waals surface area contributed by atoms with Crippen LogP contribution in [0.1, 0.15) is 32.3 Å². The van der Waals surface area contributed by atoms with Crippen molar-refractivity contribution in [2.45, 2.75) is 51.2 Å². The molecule has 0 saturated carbocycles. The standard InChI is InChI=1S/C26H35N6O3/c1-18(2)23(25(35)31-21(17-33)14-9-15-29-26(27)28)32-24(34)22(16-19-10-5-3-6-11-19)30-20-12-7-4-8-13-20/h3-8,10-13,18,21-23,30H,9,14-16H2,1-2H3,(H,31,35)(H,32,34)(H4,27,28,29)/t21-,22-,23-/m0/s1. The predicted molar refractivity (Wildman–Crippen MR) is 138 cm³/mol. The second-order valence-electron chi connectivity index (χ2n) is 8.64. The highest BCUT2D eigenvalue weighted by atomic mass is 16.2. The van der Waals surface area contributed by atoms with E-state index in [9.17, 15) is 14.4 Å². The Bertz CT molecular complexity index is 911. The van der Waals surface area contributed by atoms with Crippen LogP contribution in [0.5, 0.6) is 0 Å². The Morgan fingerprint density at radius 3 is 2.17 bits per heavy atom. The molecule has 9 nitrogen and oxygen atoms in total. The van der Waals surface area contributed by atoms with Crippen LogP contribution in [0.2, 0.25) is 0 Å². The van der Waals surface area contributed by atoms with E-state index < -0.39 is 24.0 Å². The molecule has 2 aromatic rings. The highest BCUT2D eigenvalue weighted by Crippen LogP contribution is 2.13. The van der Waals surface area contributed by atoms with Crippen LogP contribution >= 0.6 is 0 Å². The first-order chi connectivity index (χ1) is 16.8. The summed E-state index contributed by atoms with van der Waals surface area (Å²) in [5.74, 6) is -1.12. The molecular formula is C26H35N6O3. The number of hydrogen-bond acceptors (Lipinski definition) is 5. The first-order valence-corrected chi connectivity index (χ1v) is 11.7. The van der Waals surface area contributed by atoms with Gasteiger partial charge < -0.3 is 27.0 Å². The zero-order valence-electron chi connectivity index (χ0n) is 20.2. The molecule has 7 N–H and O–H groups in total. The fourth-order valence-corrected chi connectivity index (χ4v) is 3.53. The van der Waals surface area contributed by atoms with Gasteiger partial charge in [-0.05, 0) is 36.5 Å². The average Bonchev–Trinajstić information content (AvgIpc) is 2.84. The summed E-state index contributed by atoms with van der Waals surface area (Å²) in [7, 11) is 0. The Labute approximate surface area is 206 Å². The first kappa shape index (κ1) is 27.4. The van der Waals surface area contributed by atoms with Gasteiger partial charge in [0.1, 0.15) is 12.1 Å². The molecule has 9 heteroatoms. The summed E-state index contributed by atoms with van der Waals surface area (Å²) in [5, 5.41) is 18.6. The lowest BCUT2D eigenvalue weighted by atomic mass is 10.00. The van der Waals surface area contributed by atoms with Gasteiger partial charge in [0.2, 0.25) is 18.1 Å². The van der Waals surface area contributed by atoms with Crippen LogP contribution in [-0.2, 0) is 20.8 Å². The van der Waals surface area contributed by atoms with Gasteiger partial charge in [0.15, 0.2) is 5.96 Å². The molecule has 35 heavy (non-hydrogen) atoms. The van der Waals surface area contributed by atoms with Crippen molar-refractivity contribution >= 4 is 29.7 Å². The van der Waals surface area contributed by atoms with Gasteiger partial charge in [0.25, 0.3) is 0 Å². The Morgan fingerprint density at radius 1 is 0.971 bits per heavy atom. The summed E-state index contributed by atoms with van der Waals surface area (Å²) < 4.78 is 0. The number of carbonyl (C=O) groups is 2. The molecule has 0 bridgehead atoms. The van der Waals surface area contributed by atoms with Crippen molar-refractivity contribution in [3.05, 3.63) is 66.2 Å². The van der Waals surface area contributed by atoms with Crippen LogP contribution in [-0.4, -0.2) is 48.7 Å². The van der Waals surface area contributed by atoms with Crippen molar-refractivity contribution < 1.29 is 14.4 Å². The molecule has 0 aromatic heterocycles. The van der Waals surface area contributed by atoms with E-state index in [1.54, 1.807) is 0 Å². The second kappa shape index (κ2) is 14.4. The third kappa shape index (κ3) is 9.87. The van der Waals surface area contributed by atoms with Gasteiger partial charge in [-0.2, -0.15) is 0 Å². The van der Waals surface area contributed by atoms with Gasteiger partial charge in [0, 0.05) is 18.7 Å². The highest BCUT2D eigenvalue weighted by molar-refractivity contribution is 5.92. The van der Waals surface area contributed by atoms with Gasteiger partial charge in [-0.25, -0.2) is 0 Å². The van der Waals surface area contributed by atoms with Gasteiger partial charge in [-0.3, -0.25) is 19.8 Å². The summed E-state index contributed by atoms with van der Waals surface area (Å²) in [6.07, 6.45) is 3.12. The zero-order valence-corrected chi connectivity index (χ0v) is 20.2. The van der Waals surface area contributed by atoms with E-state index in [-0.39, 0.29) is 17.8 Å². The lowest BCUT2D eigenvalue weighted by Gasteiger charge is -2.27. The molecule has 187 valence electrons. The fourth-order valence-electron chi connectivity index (χ4n) is 3.53. The third-order valence-corrected chi connectivity index (χ3v) is 5.40. The maximum atomic E-state index is 13.3. The molecule has 0 heterocycles. The average molecular weight is 480 g/mol. The van der Waals surface area contributed by atoms with E-state index in [0.717, 1.165) is 11.3 Å². The van der Waals surface area contributed by atoms with E-state index in [1.807, 2.05) is 80.8 Å². The normalized spacial score (nSPS) is 13.2. The number of nitrogens with one attached hydrogen (secondary N) is 5. The summed E-state index contributed by atoms with van der Waals surface area (Å²) in [6.45, 7) is 4.07. The minimum Gasteiger partial charge on any atom is -0.373 e.